The van der Waals surface area contributed by atoms with Gasteiger partial charge in [0.25, 0.3) is 0 Å². The predicted molar refractivity (Wildman–Crippen MR) is 55.9 cm³/mol. The van der Waals surface area contributed by atoms with E-state index < -0.39 is 5.60 Å². The number of ether oxygens (including phenoxy) is 1. The van der Waals surface area contributed by atoms with E-state index in [4.69, 9.17) is 4.74 Å². The monoisotopic (exact) mass is 200 g/mol. The number of hydrogen-bond acceptors (Lipinski definition) is 3. The lowest BCUT2D eigenvalue weighted by atomic mass is 9.96. The maximum atomic E-state index is 10.9. The molecule has 1 unspecified atom stereocenters. The smallest absolute Gasteiger partial charge is 0.330 e. The zero-order valence-electron chi connectivity index (χ0n) is 9.25. The number of rotatable bonds is 6. The number of hydrogen-bond donors (Lipinski definition) is 1. The van der Waals surface area contributed by atoms with Crippen molar-refractivity contribution in [1.29, 1.82) is 0 Å². The summed E-state index contributed by atoms with van der Waals surface area (Å²) >= 11 is 0. The van der Waals surface area contributed by atoms with Gasteiger partial charge in [0.05, 0.1) is 12.2 Å². The van der Waals surface area contributed by atoms with Crippen molar-refractivity contribution in [2.45, 2.75) is 45.6 Å². The van der Waals surface area contributed by atoms with Crippen molar-refractivity contribution in [2.24, 2.45) is 0 Å². The first-order chi connectivity index (χ1) is 6.52. The second-order valence-electron chi connectivity index (χ2n) is 3.61. The molecule has 0 saturated heterocycles. The molecule has 3 heteroatoms. The van der Waals surface area contributed by atoms with Crippen LogP contribution in [0.15, 0.2) is 12.2 Å². The van der Waals surface area contributed by atoms with Crippen LogP contribution in [0.5, 0.6) is 0 Å². The zero-order valence-corrected chi connectivity index (χ0v) is 9.25. The minimum atomic E-state index is -0.711. The van der Waals surface area contributed by atoms with Crippen LogP contribution in [0, 0.1) is 0 Å². The molecule has 0 heterocycles. The average Bonchev–Trinajstić information content (AvgIpc) is 2.03. The highest BCUT2D eigenvalue weighted by Gasteiger charge is 2.16. The molecule has 0 aliphatic carbocycles. The predicted octanol–water partition coefficient (Wildman–Crippen LogP) is 2.05. The Morgan fingerprint density at radius 2 is 2.14 bits per heavy atom. The molecule has 14 heavy (non-hydrogen) atoms. The Balaban J connectivity index is 3.85. The molecule has 0 bridgehead atoms. The molecule has 0 saturated carbocycles. The van der Waals surface area contributed by atoms with Gasteiger partial charge in [0.2, 0.25) is 0 Å². The molecule has 0 spiro atoms. The van der Waals surface area contributed by atoms with Crippen LogP contribution in [0.2, 0.25) is 0 Å². The van der Waals surface area contributed by atoms with Gasteiger partial charge >= 0.3 is 5.97 Å². The van der Waals surface area contributed by atoms with Crippen LogP contribution in [0.3, 0.4) is 0 Å². The SMILES string of the molecule is CCCC(C)(O)C/C=C/C(=O)OCC. The summed E-state index contributed by atoms with van der Waals surface area (Å²) < 4.78 is 4.71. The molecule has 3 nitrogen and oxygen atoms in total. The second kappa shape index (κ2) is 6.60. The Hall–Kier alpha value is -0.830. The minimum Gasteiger partial charge on any atom is -0.463 e. The topological polar surface area (TPSA) is 46.5 Å². The number of carbonyl (C=O) groups excluding carboxylic acids is 1. The summed E-state index contributed by atoms with van der Waals surface area (Å²) in [5, 5.41) is 9.75. The van der Waals surface area contributed by atoms with Gasteiger partial charge in [-0.3, -0.25) is 0 Å². The molecular weight excluding hydrogens is 180 g/mol. The van der Waals surface area contributed by atoms with Crippen LogP contribution in [0.1, 0.15) is 40.0 Å². The molecule has 1 N–H and O–H groups in total. The van der Waals surface area contributed by atoms with Gasteiger partial charge < -0.3 is 9.84 Å². The van der Waals surface area contributed by atoms with Crippen molar-refractivity contribution in [3.63, 3.8) is 0 Å². The van der Waals surface area contributed by atoms with E-state index in [1.54, 1.807) is 19.9 Å². The van der Waals surface area contributed by atoms with Gasteiger partial charge in [0.15, 0.2) is 0 Å². The Labute approximate surface area is 85.8 Å². The van der Waals surface area contributed by atoms with Crippen molar-refractivity contribution < 1.29 is 14.6 Å². The molecule has 0 aromatic heterocycles. The lowest BCUT2D eigenvalue weighted by Gasteiger charge is -2.20. The van der Waals surface area contributed by atoms with Gasteiger partial charge in [-0.1, -0.05) is 19.4 Å². The summed E-state index contributed by atoms with van der Waals surface area (Å²) in [6.07, 6.45) is 5.18. The molecule has 82 valence electrons. The summed E-state index contributed by atoms with van der Waals surface area (Å²) in [6, 6.07) is 0. The van der Waals surface area contributed by atoms with Crippen molar-refractivity contribution in [3.05, 3.63) is 12.2 Å². The molecule has 0 aliphatic rings. The van der Waals surface area contributed by atoms with Crippen molar-refractivity contribution >= 4 is 5.97 Å². The fourth-order valence-corrected chi connectivity index (χ4v) is 1.24. The van der Waals surface area contributed by atoms with Gasteiger partial charge in [-0.15, -0.1) is 0 Å². The summed E-state index contributed by atoms with van der Waals surface area (Å²) in [6.45, 7) is 5.93. The van der Waals surface area contributed by atoms with Crippen LogP contribution in [-0.2, 0) is 9.53 Å². The number of esters is 1. The molecule has 0 amide bonds. The van der Waals surface area contributed by atoms with Gasteiger partial charge in [-0.2, -0.15) is 0 Å². The van der Waals surface area contributed by atoms with E-state index in [2.05, 4.69) is 0 Å². The highest BCUT2D eigenvalue weighted by molar-refractivity contribution is 5.81. The van der Waals surface area contributed by atoms with Gasteiger partial charge in [0, 0.05) is 6.08 Å². The number of carbonyl (C=O) groups is 1. The molecule has 0 fully saturated rings. The maximum Gasteiger partial charge on any atom is 0.330 e. The van der Waals surface area contributed by atoms with Crippen LogP contribution in [0.4, 0.5) is 0 Å². The van der Waals surface area contributed by atoms with Gasteiger partial charge in [-0.05, 0) is 26.7 Å². The first-order valence-electron chi connectivity index (χ1n) is 5.07. The second-order valence-corrected chi connectivity index (χ2v) is 3.61. The molecule has 1 atom stereocenters. The Morgan fingerprint density at radius 1 is 1.50 bits per heavy atom. The lowest BCUT2D eigenvalue weighted by Crippen LogP contribution is -2.22. The fourth-order valence-electron chi connectivity index (χ4n) is 1.24. The maximum absolute atomic E-state index is 10.9. The van der Waals surface area contributed by atoms with Crippen molar-refractivity contribution in [3.8, 4) is 0 Å². The van der Waals surface area contributed by atoms with Crippen molar-refractivity contribution in [1.82, 2.24) is 0 Å². The van der Waals surface area contributed by atoms with E-state index in [1.165, 1.54) is 6.08 Å². The van der Waals surface area contributed by atoms with Crippen LogP contribution in [-0.4, -0.2) is 23.3 Å². The largest absolute Gasteiger partial charge is 0.463 e. The van der Waals surface area contributed by atoms with Gasteiger partial charge in [-0.25, -0.2) is 4.79 Å². The third-order valence-corrected chi connectivity index (χ3v) is 1.89. The Bertz CT molecular complexity index is 195. The quantitative estimate of drug-likeness (QED) is 0.527. The first kappa shape index (κ1) is 13.2. The third kappa shape index (κ3) is 6.66. The van der Waals surface area contributed by atoms with E-state index in [9.17, 15) is 9.90 Å². The van der Waals surface area contributed by atoms with E-state index >= 15 is 0 Å². The molecule has 0 aliphatic heterocycles. The van der Waals surface area contributed by atoms with Crippen molar-refractivity contribution in [2.75, 3.05) is 6.61 Å². The molecule has 0 rings (SSSR count). The van der Waals surface area contributed by atoms with E-state index in [0.717, 1.165) is 12.8 Å². The molecular formula is C11H20O3. The van der Waals surface area contributed by atoms with E-state index in [0.29, 0.717) is 13.0 Å². The third-order valence-electron chi connectivity index (χ3n) is 1.89. The Kier molecular flexibility index (Phi) is 6.21. The molecule has 0 aromatic rings. The summed E-state index contributed by atoms with van der Waals surface area (Å²) in [5.74, 6) is -0.347. The normalized spacial score (nSPS) is 15.4. The standard InChI is InChI=1S/C11H20O3/c1-4-8-11(3,13)9-6-7-10(12)14-5-2/h6-7,13H,4-5,8-9H2,1-3H3/b7-6+. The minimum absolute atomic E-state index is 0.347. The van der Waals surface area contributed by atoms with Crippen LogP contribution < -0.4 is 0 Å². The Morgan fingerprint density at radius 3 is 2.64 bits per heavy atom. The fraction of sp³-hybridized carbons (Fsp3) is 0.727. The summed E-state index contributed by atoms with van der Waals surface area (Å²) in [4.78, 5) is 10.9. The molecule has 0 aromatic carbocycles. The van der Waals surface area contributed by atoms with Crippen LogP contribution in [0.25, 0.3) is 0 Å². The lowest BCUT2D eigenvalue weighted by molar-refractivity contribution is -0.137. The zero-order chi connectivity index (χ0) is 11.0. The van der Waals surface area contributed by atoms with E-state index in [1.807, 2.05) is 6.92 Å². The van der Waals surface area contributed by atoms with E-state index in [-0.39, 0.29) is 5.97 Å². The average molecular weight is 200 g/mol. The highest BCUT2D eigenvalue weighted by atomic mass is 16.5. The summed E-state index contributed by atoms with van der Waals surface area (Å²) in [5.41, 5.74) is -0.711. The molecule has 0 radical (unpaired) electrons. The summed E-state index contributed by atoms with van der Waals surface area (Å²) in [7, 11) is 0. The first-order valence-corrected chi connectivity index (χ1v) is 5.07. The number of aliphatic hydroxyl groups is 1. The highest BCUT2D eigenvalue weighted by Crippen LogP contribution is 2.16. The van der Waals surface area contributed by atoms with Gasteiger partial charge in [0.1, 0.15) is 0 Å². The van der Waals surface area contributed by atoms with Crippen LogP contribution >= 0.6 is 0 Å².